The number of likely N-dealkylation sites (N-methyl/N-ethyl adjacent to an activating group) is 1. The quantitative estimate of drug-likeness (QED) is 0.772. The summed E-state index contributed by atoms with van der Waals surface area (Å²) >= 11 is 0. The van der Waals surface area contributed by atoms with Crippen LogP contribution in [0, 0.1) is 11.8 Å². The highest BCUT2D eigenvalue weighted by atomic mass is 16.1. The second-order valence-corrected chi connectivity index (χ2v) is 5.85. The molecular weight excluding hydrogens is 212 g/mol. The minimum absolute atomic E-state index is 0.174. The van der Waals surface area contributed by atoms with Gasteiger partial charge in [0.05, 0.1) is 0 Å². The molecule has 0 aromatic rings. The van der Waals surface area contributed by atoms with Crippen molar-refractivity contribution in [3.63, 3.8) is 0 Å². The van der Waals surface area contributed by atoms with Crippen molar-refractivity contribution in [1.82, 2.24) is 10.2 Å². The molecule has 0 spiro atoms. The molecule has 1 aliphatic rings. The summed E-state index contributed by atoms with van der Waals surface area (Å²) in [5, 5.41) is 3.06. The van der Waals surface area contributed by atoms with Gasteiger partial charge < -0.3 is 10.2 Å². The van der Waals surface area contributed by atoms with Crippen LogP contribution < -0.4 is 5.32 Å². The zero-order chi connectivity index (χ0) is 12.8. The number of hydrogen-bond donors (Lipinski definition) is 1. The zero-order valence-electron chi connectivity index (χ0n) is 11.8. The molecule has 1 saturated carbocycles. The third-order valence-electron chi connectivity index (χ3n) is 4.06. The number of nitrogens with one attached hydrogen (secondary N) is 1. The smallest absolute Gasteiger partial charge is 0.222 e. The van der Waals surface area contributed by atoms with Gasteiger partial charge in [-0.1, -0.05) is 32.6 Å². The third kappa shape index (κ3) is 5.07. The number of amides is 1. The molecule has 3 heteroatoms. The fourth-order valence-electron chi connectivity index (χ4n) is 2.46. The van der Waals surface area contributed by atoms with E-state index in [0.717, 1.165) is 18.9 Å². The molecule has 1 N–H and O–H groups in total. The van der Waals surface area contributed by atoms with E-state index in [2.05, 4.69) is 24.1 Å². The van der Waals surface area contributed by atoms with Crippen LogP contribution in [0.5, 0.6) is 0 Å². The molecule has 0 radical (unpaired) electrons. The first-order valence-corrected chi connectivity index (χ1v) is 6.94. The maximum Gasteiger partial charge on any atom is 0.222 e. The molecule has 17 heavy (non-hydrogen) atoms. The number of nitrogens with zero attached hydrogens (tertiary/aromatic N) is 1. The van der Waals surface area contributed by atoms with E-state index >= 15 is 0 Å². The van der Waals surface area contributed by atoms with Crippen molar-refractivity contribution in [2.24, 2.45) is 11.8 Å². The van der Waals surface area contributed by atoms with Crippen LogP contribution in [0.2, 0.25) is 0 Å². The molecule has 1 unspecified atom stereocenters. The zero-order valence-corrected chi connectivity index (χ0v) is 11.8. The van der Waals surface area contributed by atoms with Crippen molar-refractivity contribution in [1.29, 1.82) is 0 Å². The summed E-state index contributed by atoms with van der Waals surface area (Å²) in [6.07, 6.45) is 6.44. The maximum absolute atomic E-state index is 11.9. The molecule has 3 nitrogen and oxygen atoms in total. The van der Waals surface area contributed by atoms with E-state index < -0.39 is 0 Å². The number of hydrogen-bond acceptors (Lipinski definition) is 2. The summed E-state index contributed by atoms with van der Waals surface area (Å²) in [4.78, 5) is 14.1. The lowest BCUT2D eigenvalue weighted by Gasteiger charge is -2.22. The largest absolute Gasteiger partial charge is 0.354 e. The van der Waals surface area contributed by atoms with Gasteiger partial charge in [-0.25, -0.2) is 0 Å². The average Bonchev–Trinajstić information content (AvgIpc) is 2.77. The highest BCUT2D eigenvalue weighted by Gasteiger charge is 2.21. The molecule has 2 atom stereocenters. The lowest BCUT2D eigenvalue weighted by molar-refractivity contribution is -0.125. The molecule has 0 saturated heterocycles. The Morgan fingerprint density at radius 1 is 1.29 bits per heavy atom. The van der Waals surface area contributed by atoms with Gasteiger partial charge in [0.2, 0.25) is 5.91 Å². The number of rotatable bonds is 6. The standard InChI is InChI=1S/C14H28N2O/c1-11(9-13-7-5-6-8-13)14(17)15-10-12(2)16(3)4/h11-13H,5-10H2,1-4H3,(H,15,17)/t11?,12-/m0/s1. The van der Waals surface area contributed by atoms with Crippen molar-refractivity contribution < 1.29 is 4.79 Å². The minimum atomic E-state index is 0.174. The van der Waals surface area contributed by atoms with Crippen molar-refractivity contribution in [3.8, 4) is 0 Å². The fourth-order valence-corrected chi connectivity index (χ4v) is 2.46. The second kappa shape index (κ2) is 7.00. The van der Waals surface area contributed by atoms with Gasteiger partial charge >= 0.3 is 0 Å². The molecule has 0 aliphatic heterocycles. The highest BCUT2D eigenvalue weighted by Crippen LogP contribution is 2.30. The van der Waals surface area contributed by atoms with Crippen LogP contribution in [0.1, 0.15) is 46.0 Å². The van der Waals surface area contributed by atoms with Gasteiger partial charge in [0.15, 0.2) is 0 Å². The van der Waals surface area contributed by atoms with E-state index in [1.807, 2.05) is 14.1 Å². The Bertz CT molecular complexity index is 234. The van der Waals surface area contributed by atoms with Gasteiger partial charge in [-0.15, -0.1) is 0 Å². The van der Waals surface area contributed by atoms with E-state index in [9.17, 15) is 4.79 Å². The molecule has 100 valence electrons. The summed E-state index contributed by atoms with van der Waals surface area (Å²) in [6.45, 7) is 4.94. The van der Waals surface area contributed by atoms with Crippen LogP contribution in [0.15, 0.2) is 0 Å². The van der Waals surface area contributed by atoms with Crippen LogP contribution in [-0.4, -0.2) is 37.5 Å². The Morgan fingerprint density at radius 3 is 2.41 bits per heavy atom. The van der Waals surface area contributed by atoms with Crippen molar-refractivity contribution in [3.05, 3.63) is 0 Å². The molecule has 1 fully saturated rings. The van der Waals surface area contributed by atoms with Crippen LogP contribution in [0.3, 0.4) is 0 Å². The van der Waals surface area contributed by atoms with Gasteiger partial charge in [-0.3, -0.25) is 4.79 Å². The van der Waals surface area contributed by atoms with Gasteiger partial charge in [-0.05, 0) is 33.4 Å². The van der Waals surface area contributed by atoms with Crippen LogP contribution in [0.25, 0.3) is 0 Å². The molecule has 1 rings (SSSR count). The van der Waals surface area contributed by atoms with Crippen LogP contribution >= 0.6 is 0 Å². The summed E-state index contributed by atoms with van der Waals surface area (Å²) in [7, 11) is 4.08. The van der Waals surface area contributed by atoms with Gasteiger partial charge in [-0.2, -0.15) is 0 Å². The number of carbonyl (C=O) groups excluding carboxylic acids is 1. The first-order valence-electron chi connectivity index (χ1n) is 6.94. The fraction of sp³-hybridized carbons (Fsp3) is 0.929. The summed E-state index contributed by atoms with van der Waals surface area (Å²) in [5.74, 6) is 1.19. The molecular formula is C14H28N2O. The predicted octanol–water partition coefficient (Wildman–Crippen LogP) is 2.27. The van der Waals surface area contributed by atoms with Gasteiger partial charge in [0, 0.05) is 18.5 Å². The lowest BCUT2D eigenvalue weighted by atomic mass is 9.94. The Morgan fingerprint density at radius 2 is 1.88 bits per heavy atom. The Labute approximate surface area is 106 Å². The topological polar surface area (TPSA) is 32.3 Å². The maximum atomic E-state index is 11.9. The van der Waals surface area contributed by atoms with E-state index in [4.69, 9.17) is 0 Å². The minimum Gasteiger partial charge on any atom is -0.354 e. The van der Waals surface area contributed by atoms with E-state index in [1.54, 1.807) is 0 Å². The van der Waals surface area contributed by atoms with Crippen molar-refractivity contribution in [2.75, 3.05) is 20.6 Å². The first kappa shape index (κ1) is 14.5. The average molecular weight is 240 g/mol. The normalized spacial score (nSPS) is 20.5. The monoisotopic (exact) mass is 240 g/mol. The highest BCUT2D eigenvalue weighted by molar-refractivity contribution is 5.78. The van der Waals surface area contributed by atoms with E-state index in [-0.39, 0.29) is 11.8 Å². The first-order chi connectivity index (χ1) is 8.00. The molecule has 0 heterocycles. The molecule has 0 bridgehead atoms. The van der Waals surface area contributed by atoms with Crippen molar-refractivity contribution in [2.45, 2.75) is 52.0 Å². The Kier molecular flexibility index (Phi) is 5.96. The number of carbonyl (C=O) groups is 1. The predicted molar refractivity (Wildman–Crippen MR) is 71.9 cm³/mol. The van der Waals surface area contributed by atoms with Gasteiger partial charge in [0.25, 0.3) is 0 Å². The van der Waals surface area contributed by atoms with E-state index in [0.29, 0.717) is 6.04 Å². The molecule has 0 aromatic heterocycles. The summed E-state index contributed by atoms with van der Waals surface area (Å²) in [5.41, 5.74) is 0. The van der Waals surface area contributed by atoms with Crippen LogP contribution in [-0.2, 0) is 4.79 Å². The second-order valence-electron chi connectivity index (χ2n) is 5.85. The van der Waals surface area contributed by atoms with E-state index in [1.165, 1.54) is 25.7 Å². The van der Waals surface area contributed by atoms with Gasteiger partial charge in [0.1, 0.15) is 0 Å². The lowest BCUT2D eigenvalue weighted by Crippen LogP contribution is -2.40. The Balaban J connectivity index is 2.21. The molecule has 0 aromatic carbocycles. The molecule has 1 aliphatic carbocycles. The summed E-state index contributed by atoms with van der Waals surface area (Å²) < 4.78 is 0. The summed E-state index contributed by atoms with van der Waals surface area (Å²) in [6, 6.07) is 0.401. The third-order valence-corrected chi connectivity index (χ3v) is 4.06. The SMILES string of the molecule is CC(CC1CCCC1)C(=O)NC[C@H](C)N(C)C. The Hall–Kier alpha value is -0.570. The molecule has 1 amide bonds. The van der Waals surface area contributed by atoms with Crippen molar-refractivity contribution >= 4 is 5.91 Å². The van der Waals surface area contributed by atoms with Crippen LogP contribution in [0.4, 0.5) is 0 Å².